The number of benzene rings is 1. The first-order chi connectivity index (χ1) is 8.25. The van der Waals surface area contributed by atoms with E-state index >= 15 is 0 Å². The van der Waals surface area contributed by atoms with Gasteiger partial charge in [0.15, 0.2) is 0 Å². The van der Waals surface area contributed by atoms with E-state index in [1.165, 1.54) is 11.1 Å². The van der Waals surface area contributed by atoms with E-state index in [1.54, 1.807) is 6.20 Å². The van der Waals surface area contributed by atoms with Gasteiger partial charge in [-0.2, -0.15) is 5.10 Å². The van der Waals surface area contributed by atoms with Gasteiger partial charge in [-0.05, 0) is 29.2 Å². The molecule has 2 aromatic rings. The molecule has 0 saturated heterocycles. The maximum absolute atomic E-state index is 3.98. The second kappa shape index (κ2) is 5.43. The Labute approximate surface area is 102 Å². The van der Waals surface area contributed by atoms with Gasteiger partial charge in [0.1, 0.15) is 5.82 Å². The zero-order valence-electron chi connectivity index (χ0n) is 10.2. The van der Waals surface area contributed by atoms with Gasteiger partial charge < -0.3 is 5.32 Å². The molecule has 0 fully saturated rings. The van der Waals surface area contributed by atoms with Crippen molar-refractivity contribution < 1.29 is 0 Å². The van der Waals surface area contributed by atoms with Gasteiger partial charge >= 0.3 is 0 Å². The Morgan fingerprint density at radius 2 is 1.88 bits per heavy atom. The topological polar surface area (TPSA) is 37.8 Å². The molecule has 1 aromatic carbocycles. The summed E-state index contributed by atoms with van der Waals surface area (Å²) in [5.41, 5.74) is 2.62. The summed E-state index contributed by atoms with van der Waals surface area (Å²) in [6.07, 6.45) is 1.67. The van der Waals surface area contributed by atoms with Gasteiger partial charge in [0, 0.05) is 12.7 Å². The van der Waals surface area contributed by atoms with Crippen molar-refractivity contribution in [2.75, 3.05) is 5.32 Å². The lowest BCUT2D eigenvalue weighted by Gasteiger charge is -2.08. The first-order valence-corrected chi connectivity index (χ1v) is 5.86. The van der Waals surface area contributed by atoms with E-state index in [0.717, 1.165) is 12.4 Å². The lowest BCUT2D eigenvalue weighted by atomic mass is 10.0. The Morgan fingerprint density at radius 3 is 2.47 bits per heavy atom. The van der Waals surface area contributed by atoms with Gasteiger partial charge in [-0.1, -0.05) is 38.1 Å². The molecule has 0 bridgehead atoms. The highest BCUT2D eigenvalue weighted by atomic mass is 15.2. The monoisotopic (exact) mass is 227 g/mol. The first kappa shape index (κ1) is 11.6. The smallest absolute Gasteiger partial charge is 0.148 e. The molecule has 17 heavy (non-hydrogen) atoms. The van der Waals surface area contributed by atoms with Crippen LogP contribution in [0, 0.1) is 0 Å². The van der Waals surface area contributed by atoms with Crippen molar-refractivity contribution in [2.45, 2.75) is 26.3 Å². The van der Waals surface area contributed by atoms with Gasteiger partial charge in [0.25, 0.3) is 0 Å². The Morgan fingerprint density at radius 1 is 1.12 bits per heavy atom. The van der Waals surface area contributed by atoms with Crippen LogP contribution in [-0.4, -0.2) is 10.2 Å². The van der Waals surface area contributed by atoms with E-state index in [9.17, 15) is 0 Å². The molecule has 2 rings (SSSR count). The van der Waals surface area contributed by atoms with Crippen molar-refractivity contribution in [1.29, 1.82) is 0 Å². The molecule has 0 aliphatic heterocycles. The highest BCUT2D eigenvalue weighted by Crippen LogP contribution is 2.15. The first-order valence-electron chi connectivity index (χ1n) is 5.86. The van der Waals surface area contributed by atoms with E-state index in [4.69, 9.17) is 0 Å². The number of anilines is 1. The van der Waals surface area contributed by atoms with Crippen LogP contribution < -0.4 is 5.32 Å². The van der Waals surface area contributed by atoms with Crippen molar-refractivity contribution in [3.8, 4) is 0 Å². The van der Waals surface area contributed by atoms with E-state index in [1.807, 2.05) is 12.1 Å². The van der Waals surface area contributed by atoms with Crippen molar-refractivity contribution in [3.63, 3.8) is 0 Å². The summed E-state index contributed by atoms with van der Waals surface area (Å²) in [6.45, 7) is 5.18. The molecule has 0 atom stereocenters. The Kier molecular flexibility index (Phi) is 3.70. The molecular weight excluding hydrogens is 210 g/mol. The maximum atomic E-state index is 3.98. The van der Waals surface area contributed by atoms with E-state index in [2.05, 4.69) is 53.6 Å². The van der Waals surface area contributed by atoms with Crippen LogP contribution >= 0.6 is 0 Å². The summed E-state index contributed by atoms with van der Waals surface area (Å²) in [4.78, 5) is 0. The maximum Gasteiger partial charge on any atom is 0.148 e. The van der Waals surface area contributed by atoms with Gasteiger partial charge in [0.2, 0.25) is 0 Å². The SMILES string of the molecule is CC(C)c1ccc(CNc2cccnn2)cc1. The molecule has 0 spiro atoms. The quantitative estimate of drug-likeness (QED) is 0.871. The van der Waals surface area contributed by atoms with Crippen LogP contribution in [0.3, 0.4) is 0 Å². The molecule has 0 unspecified atom stereocenters. The van der Waals surface area contributed by atoms with E-state index in [0.29, 0.717) is 5.92 Å². The normalized spacial score (nSPS) is 10.5. The van der Waals surface area contributed by atoms with Gasteiger partial charge in [-0.3, -0.25) is 0 Å². The number of aromatic nitrogens is 2. The average molecular weight is 227 g/mol. The third-order valence-electron chi connectivity index (χ3n) is 2.69. The highest BCUT2D eigenvalue weighted by Gasteiger charge is 1.99. The van der Waals surface area contributed by atoms with Crippen LogP contribution in [0.5, 0.6) is 0 Å². The third-order valence-corrected chi connectivity index (χ3v) is 2.69. The Bertz CT molecular complexity index is 449. The van der Waals surface area contributed by atoms with E-state index in [-0.39, 0.29) is 0 Å². The van der Waals surface area contributed by atoms with Crippen LogP contribution in [0.25, 0.3) is 0 Å². The molecule has 3 nitrogen and oxygen atoms in total. The largest absolute Gasteiger partial charge is 0.365 e. The third kappa shape index (κ3) is 3.28. The van der Waals surface area contributed by atoms with Crippen LogP contribution in [0.2, 0.25) is 0 Å². The second-order valence-electron chi connectivity index (χ2n) is 4.36. The average Bonchev–Trinajstić information content (AvgIpc) is 2.38. The number of nitrogens with zero attached hydrogens (tertiary/aromatic N) is 2. The van der Waals surface area contributed by atoms with Crippen LogP contribution in [0.1, 0.15) is 30.9 Å². The standard InChI is InChI=1S/C14H17N3/c1-11(2)13-7-5-12(6-8-13)10-15-14-4-3-9-16-17-14/h3-9,11H,10H2,1-2H3,(H,15,17). The van der Waals surface area contributed by atoms with Crippen molar-refractivity contribution in [2.24, 2.45) is 0 Å². The van der Waals surface area contributed by atoms with Crippen molar-refractivity contribution in [3.05, 3.63) is 53.7 Å². The Hall–Kier alpha value is -1.90. The van der Waals surface area contributed by atoms with Crippen LogP contribution in [0.15, 0.2) is 42.6 Å². The predicted octanol–water partition coefficient (Wildman–Crippen LogP) is 3.21. The lowest BCUT2D eigenvalue weighted by Crippen LogP contribution is -2.01. The molecule has 0 aliphatic rings. The fourth-order valence-electron chi connectivity index (χ4n) is 1.61. The van der Waals surface area contributed by atoms with Gasteiger partial charge in [-0.15, -0.1) is 5.10 Å². The summed E-state index contributed by atoms with van der Waals surface area (Å²) in [5, 5.41) is 11.0. The number of hydrogen-bond donors (Lipinski definition) is 1. The zero-order chi connectivity index (χ0) is 12.1. The highest BCUT2D eigenvalue weighted by molar-refractivity contribution is 5.34. The summed E-state index contributed by atoms with van der Waals surface area (Å²) < 4.78 is 0. The fraction of sp³-hybridized carbons (Fsp3) is 0.286. The number of rotatable bonds is 4. The molecule has 1 N–H and O–H groups in total. The number of hydrogen-bond acceptors (Lipinski definition) is 3. The predicted molar refractivity (Wildman–Crippen MR) is 69.9 cm³/mol. The molecule has 0 amide bonds. The Balaban J connectivity index is 1.96. The molecule has 0 saturated carbocycles. The van der Waals surface area contributed by atoms with Gasteiger partial charge in [-0.25, -0.2) is 0 Å². The molecule has 1 heterocycles. The minimum Gasteiger partial charge on any atom is -0.365 e. The molecule has 1 aromatic heterocycles. The van der Waals surface area contributed by atoms with Crippen LogP contribution in [-0.2, 0) is 6.54 Å². The fourth-order valence-corrected chi connectivity index (χ4v) is 1.61. The summed E-state index contributed by atoms with van der Waals surface area (Å²) in [6, 6.07) is 12.4. The van der Waals surface area contributed by atoms with Gasteiger partial charge in [0.05, 0.1) is 0 Å². The summed E-state index contributed by atoms with van der Waals surface area (Å²) in [7, 11) is 0. The minimum absolute atomic E-state index is 0.581. The molecule has 3 heteroatoms. The summed E-state index contributed by atoms with van der Waals surface area (Å²) in [5.74, 6) is 1.39. The zero-order valence-corrected chi connectivity index (χ0v) is 10.2. The molecule has 0 radical (unpaired) electrons. The molecular formula is C14H17N3. The minimum atomic E-state index is 0.581. The number of nitrogens with one attached hydrogen (secondary N) is 1. The molecule has 88 valence electrons. The van der Waals surface area contributed by atoms with Crippen LogP contribution in [0.4, 0.5) is 5.82 Å². The van der Waals surface area contributed by atoms with Crippen molar-refractivity contribution in [1.82, 2.24) is 10.2 Å². The lowest BCUT2D eigenvalue weighted by molar-refractivity contribution is 0.865. The van der Waals surface area contributed by atoms with Crippen molar-refractivity contribution >= 4 is 5.82 Å². The molecule has 0 aliphatic carbocycles. The summed E-state index contributed by atoms with van der Waals surface area (Å²) >= 11 is 0. The van der Waals surface area contributed by atoms with E-state index < -0.39 is 0 Å². The second-order valence-corrected chi connectivity index (χ2v) is 4.36.